The first-order chi connectivity index (χ1) is 9.24. The minimum atomic E-state index is 0.135. The Hall–Kier alpha value is -1.71. The molecule has 0 aliphatic rings. The molecule has 0 aliphatic carbocycles. The zero-order chi connectivity index (χ0) is 14.1. The summed E-state index contributed by atoms with van der Waals surface area (Å²) in [6.07, 6.45) is 3.72. The lowest BCUT2D eigenvalue weighted by molar-refractivity contribution is 0.302. The molecule has 0 radical (unpaired) electrons. The third-order valence-corrected chi connectivity index (χ3v) is 3.13. The number of aliphatic hydroxyl groups excluding tert-OH is 1. The van der Waals surface area contributed by atoms with Gasteiger partial charge in [0.1, 0.15) is 0 Å². The number of likely N-dealkylation sites (N-methyl/N-ethyl adjacent to an activating group) is 1. The first kappa shape index (κ1) is 15.3. The summed E-state index contributed by atoms with van der Waals surface area (Å²) in [6, 6.07) is 7.71. The number of thioether (sulfide) groups is 1. The van der Waals surface area contributed by atoms with E-state index in [2.05, 4.69) is 15.2 Å². The lowest BCUT2D eigenvalue weighted by atomic mass is 10.2. The average molecular weight is 278 g/mol. The summed E-state index contributed by atoms with van der Waals surface area (Å²) in [5.41, 5.74) is 1.84. The maximum absolute atomic E-state index is 8.99. The summed E-state index contributed by atoms with van der Waals surface area (Å²) in [6.45, 7) is 3.64. The maximum atomic E-state index is 8.99. The molecule has 0 unspecified atom stereocenters. The summed E-state index contributed by atoms with van der Waals surface area (Å²) in [5.74, 6) is 0. The number of nitrogens with zero attached hydrogens (tertiary/aromatic N) is 3. The van der Waals surface area contributed by atoms with E-state index in [1.54, 1.807) is 0 Å². The van der Waals surface area contributed by atoms with Crippen molar-refractivity contribution in [3.8, 4) is 6.19 Å². The van der Waals surface area contributed by atoms with Crippen LogP contribution >= 0.6 is 11.8 Å². The number of nitrogens with one attached hydrogen (secondary N) is 1. The Kier molecular flexibility index (Phi) is 6.79. The van der Waals surface area contributed by atoms with Gasteiger partial charge in [-0.3, -0.25) is 5.32 Å². The Labute approximate surface area is 118 Å². The van der Waals surface area contributed by atoms with Gasteiger partial charge < -0.3 is 10.0 Å². The standard InChI is InChI=1S/C13H18N4OS/c1-3-17(8-9-18)12-6-4-11(5-7-12)16-13(19-2)15-10-14/h4-7,18H,3,8-9H2,1-2H3,(H,15,16). The number of nitriles is 1. The summed E-state index contributed by atoms with van der Waals surface area (Å²) >= 11 is 1.39. The molecule has 2 N–H and O–H groups in total. The molecule has 19 heavy (non-hydrogen) atoms. The fourth-order valence-electron chi connectivity index (χ4n) is 1.62. The molecular formula is C13H18N4OS. The molecule has 0 bridgehead atoms. The van der Waals surface area contributed by atoms with Gasteiger partial charge in [-0.2, -0.15) is 5.26 Å². The molecule has 0 saturated heterocycles. The van der Waals surface area contributed by atoms with Crippen molar-refractivity contribution in [1.82, 2.24) is 5.32 Å². The van der Waals surface area contributed by atoms with Gasteiger partial charge in [-0.15, -0.1) is 0 Å². The summed E-state index contributed by atoms with van der Waals surface area (Å²) in [7, 11) is 0. The Morgan fingerprint density at radius 3 is 2.63 bits per heavy atom. The van der Waals surface area contributed by atoms with Gasteiger partial charge in [0.15, 0.2) is 11.4 Å². The topological polar surface area (TPSA) is 71.7 Å². The van der Waals surface area contributed by atoms with Crippen LogP contribution in [0.4, 0.5) is 11.4 Å². The molecule has 0 heterocycles. The Balaban J connectivity index is 2.84. The number of benzene rings is 1. The van der Waals surface area contributed by atoms with E-state index in [9.17, 15) is 0 Å². The zero-order valence-electron chi connectivity index (χ0n) is 11.1. The lowest BCUT2D eigenvalue weighted by Crippen LogP contribution is -2.25. The molecule has 1 rings (SSSR count). The van der Waals surface area contributed by atoms with Crippen molar-refractivity contribution < 1.29 is 5.11 Å². The van der Waals surface area contributed by atoms with Gasteiger partial charge in [-0.05, 0) is 37.4 Å². The van der Waals surface area contributed by atoms with E-state index in [-0.39, 0.29) is 6.61 Å². The fraction of sp³-hybridized carbons (Fsp3) is 0.385. The predicted octanol–water partition coefficient (Wildman–Crippen LogP) is 1.93. The van der Waals surface area contributed by atoms with Crippen molar-refractivity contribution in [3.63, 3.8) is 0 Å². The van der Waals surface area contributed by atoms with Gasteiger partial charge in [0.25, 0.3) is 0 Å². The van der Waals surface area contributed by atoms with E-state index in [0.717, 1.165) is 17.9 Å². The number of anilines is 1. The van der Waals surface area contributed by atoms with Crippen molar-refractivity contribution in [2.45, 2.75) is 6.92 Å². The van der Waals surface area contributed by atoms with Crippen molar-refractivity contribution in [1.29, 1.82) is 5.26 Å². The Morgan fingerprint density at radius 2 is 2.16 bits per heavy atom. The number of rotatable bonds is 5. The highest BCUT2D eigenvalue weighted by atomic mass is 32.2. The van der Waals surface area contributed by atoms with Gasteiger partial charge in [0, 0.05) is 18.8 Å². The monoisotopic (exact) mass is 278 g/mol. The first-order valence-corrected chi connectivity index (χ1v) is 7.21. The smallest absolute Gasteiger partial charge is 0.183 e. The molecule has 0 atom stereocenters. The van der Waals surface area contributed by atoms with Gasteiger partial charge in [-0.25, -0.2) is 4.99 Å². The highest BCUT2D eigenvalue weighted by Crippen LogP contribution is 2.20. The number of aliphatic imine (C=N–C) groups is 1. The fourth-order valence-corrected chi connectivity index (χ4v) is 1.96. The zero-order valence-corrected chi connectivity index (χ0v) is 11.9. The van der Waals surface area contributed by atoms with Crippen LogP contribution in [0.3, 0.4) is 0 Å². The number of hydrogen-bond donors (Lipinski definition) is 2. The summed E-state index contributed by atoms with van der Waals surface area (Å²) in [5, 5.41) is 20.6. The van der Waals surface area contributed by atoms with E-state index in [1.807, 2.05) is 43.6 Å². The number of amidine groups is 1. The van der Waals surface area contributed by atoms with Crippen molar-refractivity contribution in [3.05, 3.63) is 24.3 Å². The minimum absolute atomic E-state index is 0.135. The third-order valence-electron chi connectivity index (χ3n) is 2.55. The molecule has 0 saturated carbocycles. The van der Waals surface area contributed by atoms with E-state index < -0.39 is 0 Å². The van der Waals surface area contributed by atoms with E-state index in [4.69, 9.17) is 10.4 Å². The third kappa shape index (κ3) is 4.81. The van der Waals surface area contributed by atoms with Crippen molar-refractivity contribution in [2.24, 2.45) is 4.99 Å². The molecule has 0 spiro atoms. The second-order valence-electron chi connectivity index (χ2n) is 3.68. The van der Waals surface area contributed by atoms with Crippen LogP contribution in [0.5, 0.6) is 0 Å². The summed E-state index contributed by atoms with van der Waals surface area (Å²) < 4.78 is 0. The SMILES string of the molecule is CCN(CCO)c1ccc(N=C(NC#N)SC)cc1. The van der Waals surface area contributed by atoms with E-state index in [0.29, 0.717) is 11.7 Å². The average Bonchev–Trinajstić information content (AvgIpc) is 2.45. The second kappa shape index (κ2) is 8.40. The molecule has 0 aliphatic heterocycles. The maximum Gasteiger partial charge on any atom is 0.183 e. The van der Waals surface area contributed by atoms with Gasteiger partial charge in [-0.1, -0.05) is 11.8 Å². The molecule has 0 fully saturated rings. The van der Waals surface area contributed by atoms with Crippen LogP contribution in [0.1, 0.15) is 6.92 Å². The van der Waals surface area contributed by atoms with Crippen molar-refractivity contribution >= 4 is 28.3 Å². The van der Waals surface area contributed by atoms with E-state index in [1.165, 1.54) is 11.8 Å². The molecule has 6 heteroatoms. The Morgan fingerprint density at radius 1 is 1.47 bits per heavy atom. The predicted molar refractivity (Wildman–Crippen MR) is 80.8 cm³/mol. The molecular weight excluding hydrogens is 260 g/mol. The highest BCUT2D eigenvalue weighted by molar-refractivity contribution is 8.13. The summed E-state index contributed by atoms with van der Waals surface area (Å²) in [4.78, 5) is 6.40. The van der Waals surface area contributed by atoms with Crippen LogP contribution < -0.4 is 10.2 Å². The Bertz CT molecular complexity index is 453. The minimum Gasteiger partial charge on any atom is -0.395 e. The second-order valence-corrected chi connectivity index (χ2v) is 4.47. The van der Waals surface area contributed by atoms with Crippen LogP contribution in [-0.4, -0.2) is 36.2 Å². The molecule has 1 aromatic rings. The lowest BCUT2D eigenvalue weighted by Gasteiger charge is -2.21. The highest BCUT2D eigenvalue weighted by Gasteiger charge is 2.03. The van der Waals surface area contributed by atoms with E-state index >= 15 is 0 Å². The molecule has 5 nitrogen and oxygen atoms in total. The van der Waals surface area contributed by atoms with Crippen LogP contribution in [0.2, 0.25) is 0 Å². The molecule has 0 aromatic heterocycles. The molecule has 1 aromatic carbocycles. The van der Waals surface area contributed by atoms with Gasteiger partial charge in [0.2, 0.25) is 0 Å². The normalized spacial score (nSPS) is 10.9. The first-order valence-electron chi connectivity index (χ1n) is 5.98. The van der Waals surface area contributed by atoms with Crippen LogP contribution in [0, 0.1) is 11.5 Å². The molecule has 102 valence electrons. The van der Waals surface area contributed by atoms with Crippen LogP contribution in [0.15, 0.2) is 29.3 Å². The quantitative estimate of drug-likeness (QED) is 0.373. The van der Waals surface area contributed by atoms with Crippen LogP contribution in [0.25, 0.3) is 0 Å². The van der Waals surface area contributed by atoms with Gasteiger partial charge in [0.05, 0.1) is 12.3 Å². The van der Waals surface area contributed by atoms with Gasteiger partial charge >= 0.3 is 0 Å². The molecule has 0 amide bonds. The van der Waals surface area contributed by atoms with Crippen molar-refractivity contribution in [2.75, 3.05) is 30.9 Å². The largest absolute Gasteiger partial charge is 0.395 e. The number of aliphatic hydroxyl groups is 1. The number of hydrogen-bond acceptors (Lipinski definition) is 5. The van der Waals surface area contributed by atoms with Crippen LogP contribution in [-0.2, 0) is 0 Å².